The topological polar surface area (TPSA) is 41.1 Å². The third-order valence-corrected chi connectivity index (χ3v) is 3.13. The van der Waals surface area contributed by atoms with Crippen LogP contribution in [0.3, 0.4) is 0 Å². The lowest BCUT2D eigenvalue weighted by atomic mass is 10.1. The molecule has 0 radical (unpaired) electrons. The minimum absolute atomic E-state index is 0.00882. The summed E-state index contributed by atoms with van der Waals surface area (Å²) >= 11 is 0. The SMILES string of the molecule is C/C(=C\c1ccccc1)CNC(=O)[C@@H]1CCCN1. The zero-order valence-electron chi connectivity index (χ0n) is 10.8. The Morgan fingerprint density at radius 1 is 1.44 bits per heavy atom. The van der Waals surface area contributed by atoms with Gasteiger partial charge in [0.2, 0.25) is 5.91 Å². The van der Waals surface area contributed by atoms with E-state index >= 15 is 0 Å². The summed E-state index contributed by atoms with van der Waals surface area (Å²) in [5.74, 6) is 0.119. The fourth-order valence-electron chi connectivity index (χ4n) is 2.14. The molecule has 1 heterocycles. The van der Waals surface area contributed by atoms with E-state index in [1.54, 1.807) is 0 Å². The van der Waals surface area contributed by atoms with Gasteiger partial charge in [-0.2, -0.15) is 0 Å². The first-order valence-corrected chi connectivity index (χ1v) is 6.49. The molecule has 1 aromatic carbocycles. The summed E-state index contributed by atoms with van der Waals surface area (Å²) in [6.07, 6.45) is 4.15. The van der Waals surface area contributed by atoms with Gasteiger partial charge in [0.05, 0.1) is 6.04 Å². The molecule has 3 heteroatoms. The number of carbonyl (C=O) groups is 1. The lowest BCUT2D eigenvalue weighted by Crippen LogP contribution is -2.40. The van der Waals surface area contributed by atoms with Gasteiger partial charge < -0.3 is 10.6 Å². The quantitative estimate of drug-likeness (QED) is 0.850. The van der Waals surface area contributed by atoms with E-state index in [1.807, 2.05) is 25.1 Å². The van der Waals surface area contributed by atoms with Crippen LogP contribution in [0.1, 0.15) is 25.3 Å². The summed E-state index contributed by atoms with van der Waals surface area (Å²) in [6.45, 7) is 3.61. The average Bonchev–Trinajstić information content (AvgIpc) is 2.91. The fraction of sp³-hybridized carbons (Fsp3) is 0.400. The number of rotatable bonds is 4. The van der Waals surface area contributed by atoms with Crippen LogP contribution in [0.15, 0.2) is 35.9 Å². The van der Waals surface area contributed by atoms with Crippen LogP contribution in [-0.2, 0) is 4.79 Å². The normalized spacial score (nSPS) is 19.8. The standard InChI is InChI=1S/C15H20N2O/c1-12(10-13-6-3-2-4-7-13)11-17-15(18)14-8-5-9-16-14/h2-4,6-7,10,14,16H,5,8-9,11H2,1H3,(H,17,18)/b12-10+/t14-/m0/s1. The fourth-order valence-corrected chi connectivity index (χ4v) is 2.14. The Kier molecular flexibility index (Phi) is 4.53. The zero-order valence-corrected chi connectivity index (χ0v) is 10.8. The zero-order chi connectivity index (χ0) is 12.8. The van der Waals surface area contributed by atoms with E-state index in [2.05, 4.69) is 28.8 Å². The van der Waals surface area contributed by atoms with Crippen LogP contribution in [0, 0.1) is 0 Å². The molecule has 2 rings (SSSR count). The molecule has 0 bridgehead atoms. The lowest BCUT2D eigenvalue weighted by Gasteiger charge is -2.11. The summed E-state index contributed by atoms with van der Waals surface area (Å²) in [6, 6.07) is 10.2. The minimum Gasteiger partial charge on any atom is -0.351 e. The monoisotopic (exact) mass is 244 g/mol. The maximum absolute atomic E-state index is 11.8. The van der Waals surface area contributed by atoms with Crippen LogP contribution in [-0.4, -0.2) is 25.0 Å². The Morgan fingerprint density at radius 3 is 2.89 bits per heavy atom. The number of carbonyl (C=O) groups excluding carboxylic acids is 1. The van der Waals surface area contributed by atoms with Gasteiger partial charge in [-0.3, -0.25) is 4.79 Å². The number of hydrogen-bond donors (Lipinski definition) is 2. The molecule has 0 aromatic heterocycles. The molecular weight excluding hydrogens is 224 g/mol. The Balaban J connectivity index is 1.82. The van der Waals surface area contributed by atoms with Crippen molar-refractivity contribution in [3.05, 3.63) is 41.5 Å². The highest BCUT2D eigenvalue weighted by atomic mass is 16.2. The third kappa shape index (κ3) is 3.70. The molecule has 1 aliphatic heterocycles. The van der Waals surface area contributed by atoms with Crippen LogP contribution in [0.4, 0.5) is 0 Å². The highest BCUT2D eigenvalue weighted by Crippen LogP contribution is 2.07. The summed E-state index contributed by atoms with van der Waals surface area (Å²) in [4.78, 5) is 11.8. The molecular formula is C15H20N2O. The number of amides is 1. The summed E-state index contributed by atoms with van der Waals surface area (Å²) in [7, 11) is 0. The van der Waals surface area contributed by atoms with Crippen molar-refractivity contribution in [3.63, 3.8) is 0 Å². The summed E-state index contributed by atoms with van der Waals surface area (Å²) in [5.41, 5.74) is 2.33. The van der Waals surface area contributed by atoms with E-state index in [9.17, 15) is 4.79 Å². The van der Waals surface area contributed by atoms with Crippen molar-refractivity contribution in [1.82, 2.24) is 10.6 Å². The molecule has 0 aliphatic carbocycles. The van der Waals surface area contributed by atoms with Gasteiger partial charge >= 0.3 is 0 Å². The van der Waals surface area contributed by atoms with Crippen LogP contribution in [0.2, 0.25) is 0 Å². The van der Waals surface area contributed by atoms with E-state index < -0.39 is 0 Å². The summed E-state index contributed by atoms with van der Waals surface area (Å²) in [5, 5.41) is 6.17. The Morgan fingerprint density at radius 2 is 2.22 bits per heavy atom. The van der Waals surface area contributed by atoms with Crippen molar-refractivity contribution in [2.75, 3.05) is 13.1 Å². The van der Waals surface area contributed by atoms with E-state index in [0.29, 0.717) is 6.54 Å². The first-order chi connectivity index (χ1) is 8.75. The molecule has 0 spiro atoms. The molecule has 2 N–H and O–H groups in total. The van der Waals surface area contributed by atoms with Gasteiger partial charge in [-0.05, 0) is 31.9 Å². The van der Waals surface area contributed by atoms with Crippen LogP contribution in [0.5, 0.6) is 0 Å². The molecule has 0 unspecified atom stereocenters. The van der Waals surface area contributed by atoms with E-state index in [1.165, 1.54) is 5.56 Å². The van der Waals surface area contributed by atoms with E-state index in [4.69, 9.17) is 0 Å². The first kappa shape index (κ1) is 12.8. The van der Waals surface area contributed by atoms with Crippen LogP contribution >= 0.6 is 0 Å². The maximum Gasteiger partial charge on any atom is 0.237 e. The Bertz CT molecular complexity index is 419. The molecule has 3 nitrogen and oxygen atoms in total. The van der Waals surface area contributed by atoms with Gasteiger partial charge in [0.25, 0.3) is 0 Å². The second kappa shape index (κ2) is 6.36. The first-order valence-electron chi connectivity index (χ1n) is 6.49. The number of nitrogens with one attached hydrogen (secondary N) is 2. The maximum atomic E-state index is 11.8. The second-order valence-electron chi connectivity index (χ2n) is 4.77. The minimum atomic E-state index is 0.00882. The molecule has 0 saturated carbocycles. The van der Waals surface area contributed by atoms with Gasteiger partial charge in [-0.1, -0.05) is 42.0 Å². The summed E-state index contributed by atoms with van der Waals surface area (Å²) < 4.78 is 0. The van der Waals surface area contributed by atoms with E-state index in [-0.39, 0.29) is 11.9 Å². The predicted octanol–water partition coefficient (Wildman–Crippen LogP) is 1.96. The van der Waals surface area contributed by atoms with Crippen LogP contribution < -0.4 is 10.6 Å². The number of benzene rings is 1. The smallest absolute Gasteiger partial charge is 0.237 e. The van der Waals surface area contributed by atoms with Gasteiger partial charge in [0.15, 0.2) is 0 Å². The number of hydrogen-bond acceptors (Lipinski definition) is 2. The molecule has 1 aliphatic rings. The van der Waals surface area contributed by atoms with Crippen molar-refractivity contribution >= 4 is 12.0 Å². The molecule has 1 atom stereocenters. The highest BCUT2D eigenvalue weighted by molar-refractivity contribution is 5.82. The van der Waals surface area contributed by atoms with Crippen molar-refractivity contribution in [2.45, 2.75) is 25.8 Å². The average molecular weight is 244 g/mol. The predicted molar refractivity (Wildman–Crippen MR) is 74.1 cm³/mol. The highest BCUT2D eigenvalue weighted by Gasteiger charge is 2.21. The molecule has 18 heavy (non-hydrogen) atoms. The third-order valence-electron chi connectivity index (χ3n) is 3.13. The van der Waals surface area contributed by atoms with Gasteiger partial charge in [-0.15, -0.1) is 0 Å². The van der Waals surface area contributed by atoms with Gasteiger partial charge in [-0.25, -0.2) is 0 Å². The molecule has 1 aromatic rings. The van der Waals surface area contributed by atoms with Crippen molar-refractivity contribution < 1.29 is 4.79 Å². The lowest BCUT2D eigenvalue weighted by molar-refractivity contribution is -0.122. The van der Waals surface area contributed by atoms with Crippen molar-refractivity contribution in [3.8, 4) is 0 Å². The molecule has 1 amide bonds. The Labute approximate surface area is 108 Å². The van der Waals surface area contributed by atoms with E-state index in [0.717, 1.165) is 25.0 Å². The molecule has 1 saturated heterocycles. The van der Waals surface area contributed by atoms with Crippen molar-refractivity contribution in [1.29, 1.82) is 0 Å². The molecule has 96 valence electrons. The second-order valence-corrected chi connectivity index (χ2v) is 4.77. The van der Waals surface area contributed by atoms with Crippen LogP contribution in [0.25, 0.3) is 6.08 Å². The van der Waals surface area contributed by atoms with Crippen molar-refractivity contribution in [2.24, 2.45) is 0 Å². The van der Waals surface area contributed by atoms with Gasteiger partial charge in [0, 0.05) is 6.54 Å². The van der Waals surface area contributed by atoms with Gasteiger partial charge in [0.1, 0.15) is 0 Å². The molecule has 1 fully saturated rings. The Hall–Kier alpha value is -1.61. The largest absolute Gasteiger partial charge is 0.351 e.